The summed E-state index contributed by atoms with van der Waals surface area (Å²) in [5, 5.41) is 3.41. The van der Waals surface area contributed by atoms with Crippen molar-refractivity contribution in [3.05, 3.63) is 58.5 Å². The number of azide groups is 1. The first-order valence-corrected chi connectivity index (χ1v) is 4.63. The van der Waals surface area contributed by atoms with Gasteiger partial charge in [0.05, 0.1) is 0 Å². The molecule has 72 valence electrons. The molecule has 0 amide bonds. The van der Waals surface area contributed by atoms with Gasteiger partial charge in [0, 0.05) is 11.5 Å². The molecule has 0 radical (unpaired) electrons. The van der Waals surface area contributed by atoms with E-state index in [4.69, 9.17) is 5.53 Å². The van der Waals surface area contributed by atoms with E-state index in [1.165, 1.54) is 5.56 Å². The van der Waals surface area contributed by atoms with Crippen LogP contribution in [0.15, 0.2) is 47.6 Å². The van der Waals surface area contributed by atoms with Crippen molar-refractivity contribution < 1.29 is 0 Å². The molecule has 0 saturated heterocycles. The summed E-state index contributed by atoms with van der Waals surface area (Å²) in [6, 6.07) is 10.3. The van der Waals surface area contributed by atoms with Gasteiger partial charge in [0.1, 0.15) is 0 Å². The average Bonchev–Trinajstić information content (AvgIpc) is 2.25. The average molecular weight is 187 g/mol. The zero-order valence-electron chi connectivity index (χ0n) is 8.00. The van der Waals surface area contributed by atoms with Crippen LogP contribution in [-0.4, -0.2) is 6.54 Å². The molecule has 1 aromatic carbocycles. The summed E-state index contributed by atoms with van der Waals surface area (Å²) < 4.78 is 0. The van der Waals surface area contributed by atoms with Crippen molar-refractivity contribution in [3.63, 3.8) is 0 Å². The zero-order chi connectivity index (χ0) is 10.1. The monoisotopic (exact) mass is 187 g/mol. The molecule has 0 aliphatic heterocycles. The molecular formula is C11H13N3. The Morgan fingerprint density at radius 3 is 2.71 bits per heavy atom. The van der Waals surface area contributed by atoms with Crippen molar-refractivity contribution in [1.82, 2.24) is 0 Å². The largest absolute Gasteiger partial charge is 0.0899 e. The molecule has 0 heterocycles. The van der Waals surface area contributed by atoms with Crippen molar-refractivity contribution in [1.29, 1.82) is 0 Å². The molecule has 0 spiro atoms. The number of hydrogen-bond acceptors (Lipinski definition) is 1. The molecule has 0 N–H and O–H groups in total. The van der Waals surface area contributed by atoms with Crippen molar-refractivity contribution >= 4 is 0 Å². The fourth-order valence-corrected chi connectivity index (χ4v) is 1.17. The molecule has 0 unspecified atom stereocenters. The van der Waals surface area contributed by atoms with Gasteiger partial charge in [-0.3, -0.25) is 0 Å². The maximum absolute atomic E-state index is 8.03. The van der Waals surface area contributed by atoms with Gasteiger partial charge in [-0.2, -0.15) is 0 Å². The van der Waals surface area contributed by atoms with Crippen LogP contribution in [0.4, 0.5) is 0 Å². The topological polar surface area (TPSA) is 48.8 Å². The van der Waals surface area contributed by atoms with Crippen LogP contribution >= 0.6 is 0 Å². The lowest BCUT2D eigenvalue weighted by molar-refractivity contribution is 0.994. The lowest BCUT2D eigenvalue weighted by Gasteiger charge is -1.95. The van der Waals surface area contributed by atoms with Crippen LogP contribution in [0.5, 0.6) is 0 Å². The fourth-order valence-electron chi connectivity index (χ4n) is 1.17. The van der Waals surface area contributed by atoms with E-state index in [0.29, 0.717) is 6.54 Å². The smallest absolute Gasteiger partial charge is 0.0440 e. The molecular weight excluding hydrogens is 174 g/mol. The molecule has 14 heavy (non-hydrogen) atoms. The molecule has 3 nitrogen and oxygen atoms in total. The summed E-state index contributed by atoms with van der Waals surface area (Å²) >= 11 is 0. The number of nitrogens with zero attached hydrogens (tertiary/aromatic N) is 3. The van der Waals surface area contributed by atoms with E-state index in [9.17, 15) is 0 Å². The SMILES string of the molecule is [N-]=[N+]=NC/C=C/CCc1ccccc1. The summed E-state index contributed by atoms with van der Waals surface area (Å²) in [6.07, 6.45) is 5.96. The highest BCUT2D eigenvalue weighted by atomic mass is 15.1. The normalized spacial score (nSPS) is 10.0. The van der Waals surface area contributed by atoms with Gasteiger partial charge >= 0.3 is 0 Å². The molecule has 0 bridgehead atoms. The number of hydrogen-bond donors (Lipinski definition) is 0. The molecule has 1 rings (SSSR count). The van der Waals surface area contributed by atoms with Gasteiger partial charge < -0.3 is 0 Å². The van der Waals surface area contributed by atoms with Crippen LogP contribution in [-0.2, 0) is 6.42 Å². The predicted octanol–water partition coefficient (Wildman–Crippen LogP) is 3.49. The third-order valence-corrected chi connectivity index (χ3v) is 1.86. The highest BCUT2D eigenvalue weighted by Gasteiger charge is 1.87. The molecule has 0 aromatic heterocycles. The van der Waals surface area contributed by atoms with Gasteiger partial charge in [0.15, 0.2) is 0 Å². The summed E-state index contributed by atoms with van der Waals surface area (Å²) in [6.45, 7) is 0.450. The molecule has 0 aliphatic carbocycles. The second-order valence-corrected chi connectivity index (χ2v) is 2.91. The van der Waals surface area contributed by atoms with Crippen LogP contribution in [0.1, 0.15) is 12.0 Å². The molecule has 1 aromatic rings. The maximum Gasteiger partial charge on any atom is 0.0440 e. The lowest BCUT2D eigenvalue weighted by Crippen LogP contribution is -1.81. The van der Waals surface area contributed by atoms with Gasteiger partial charge in [-0.15, -0.1) is 0 Å². The van der Waals surface area contributed by atoms with E-state index in [0.717, 1.165) is 12.8 Å². The van der Waals surface area contributed by atoms with Crippen molar-refractivity contribution in [2.24, 2.45) is 5.11 Å². The third-order valence-electron chi connectivity index (χ3n) is 1.86. The van der Waals surface area contributed by atoms with Crippen LogP contribution in [0, 0.1) is 0 Å². The minimum absolute atomic E-state index is 0.450. The Labute approximate surface area is 83.7 Å². The van der Waals surface area contributed by atoms with Crippen molar-refractivity contribution in [2.75, 3.05) is 6.54 Å². The summed E-state index contributed by atoms with van der Waals surface area (Å²) in [7, 11) is 0. The summed E-state index contributed by atoms with van der Waals surface area (Å²) in [5.41, 5.74) is 9.36. The standard InChI is InChI=1S/C11H13N3/c12-14-13-10-6-2-5-9-11-7-3-1-4-8-11/h1-4,6-8H,5,9-10H2/b6-2+. The van der Waals surface area contributed by atoms with E-state index in [-0.39, 0.29) is 0 Å². The number of benzene rings is 1. The van der Waals surface area contributed by atoms with E-state index < -0.39 is 0 Å². The second kappa shape index (κ2) is 6.75. The Balaban J connectivity index is 2.22. The minimum Gasteiger partial charge on any atom is -0.0899 e. The second-order valence-electron chi connectivity index (χ2n) is 2.91. The number of rotatable bonds is 5. The Morgan fingerprint density at radius 1 is 1.21 bits per heavy atom. The Bertz CT molecular complexity index is 324. The van der Waals surface area contributed by atoms with Gasteiger partial charge in [-0.25, -0.2) is 0 Å². The first-order valence-electron chi connectivity index (χ1n) is 4.63. The van der Waals surface area contributed by atoms with Crippen LogP contribution in [0.3, 0.4) is 0 Å². The Hall–Kier alpha value is -1.73. The van der Waals surface area contributed by atoms with Crippen molar-refractivity contribution in [3.8, 4) is 0 Å². The molecule has 0 saturated carbocycles. The molecule has 3 heteroatoms. The summed E-state index contributed by atoms with van der Waals surface area (Å²) in [4.78, 5) is 2.67. The fraction of sp³-hybridized carbons (Fsp3) is 0.273. The highest BCUT2D eigenvalue weighted by molar-refractivity contribution is 5.15. The van der Waals surface area contributed by atoms with Gasteiger partial charge in [-0.1, -0.05) is 47.6 Å². The van der Waals surface area contributed by atoms with E-state index in [1.54, 1.807) is 0 Å². The van der Waals surface area contributed by atoms with Gasteiger partial charge in [0.2, 0.25) is 0 Å². The lowest BCUT2D eigenvalue weighted by atomic mass is 10.1. The molecule has 0 fully saturated rings. The van der Waals surface area contributed by atoms with E-state index in [2.05, 4.69) is 22.2 Å². The highest BCUT2D eigenvalue weighted by Crippen LogP contribution is 2.02. The first-order chi connectivity index (χ1) is 6.93. The van der Waals surface area contributed by atoms with Gasteiger partial charge in [0.25, 0.3) is 0 Å². The van der Waals surface area contributed by atoms with E-state index >= 15 is 0 Å². The Morgan fingerprint density at radius 2 is 2.00 bits per heavy atom. The van der Waals surface area contributed by atoms with Gasteiger partial charge in [-0.05, 0) is 23.9 Å². The van der Waals surface area contributed by atoms with Crippen molar-refractivity contribution in [2.45, 2.75) is 12.8 Å². The third kappa shape index (κ3) is 4.33. The Kier molecular flexibility index (Phi) is 4.99. The zero-order valence-corrected chi connectivity index (χ0v) is 8.00. The minimum atomic E-state index is 0.450. The van der Waals surface area contributed by atoms with E-state index in [1.807, 2.05) is 30.4 Å². The molecule has 0 atom stereocenters. The first kappa shape index (κ1) is 10.4. The quantitative estimate of drug-likeness (QED) is 0.293. The van der Waals surface area contributed by atoms with Crippen LogP contribution in [0.2, 0.25) is 0 Å². The number of aryl methyl sites for hydroxylation is 1. The molecule has 0 aliphatic rings. The van der Waals surface area contributed by atoms with Crippen LogP contribution in [0.25, 0.3) is 10.4 Å². The van der Waals surface area contributed by atoms with Crippen LogP contribution < -0.4 is 0 Å². The number of allylic oxidation sites excluding steroid dienone is 1. The summed E-state index contributed by atoms with van der Waals surface area (Å²) in [5.74, 6) is 0. The predicted molar refractivity (Wildman–Crippen MR) is 57.9 cm³/mol. The maximum atomic E-state index is 8.03.